The maximum absolute atomic E-state index is 11.2. The van der Waals surface area contributed by atoms with Crippen molar-refractivity contribution >= 4 is 23.9 Å². The van der Waals surface area contributed by atoms with E-state index in [1.807, 2.05) is 12.1 Å². The van der Waals surface area contributed by atoms with Gasteiger partial charge in [-0.05, 0) is 18.9 Å². The first-order chi connectivity index (χ1) is 12.8. The van der Waals surface area contributed by atoms with Crippen molar-refractivity contribution in [1.82, 2.24) is 4.67 Å². The molecule has 0 amide bonds. The summed E-state index contributed by atoms with van der Waals surface area (Å²) in [7, 11) is -2.14. The molecule has 1 aliphatic rings. The van der Waals surface area contributed by atoms with Crippen molar-refractivity contribution < 1.29 is 4.92 Å². The molecule has 1 heterocycles. The summed E-state index contributed by atoms with van der Waals surface area (Å²) in [4.78, 5) is 10.9. The van der Waals surface area contributed by atoms with Crippen molar-refractivity contribution in [3.05, 3.63) is 64.7 Å². The van der Waals surface area contributed by atoms with Gasteiger partial charge in [-0.3, -0.25) is 14.8 Å². The number of benzene rings is 2. The van der Waals surface area contributed by atoms with Crippen molar-refractivity contribution in [1.29, 1.82) is 0 Å². The van der Waals surface area contributed by atoms with E-state index in [1.54, 1.807) is 12.1 Å². The lowest BCUT2D eigenvalue weighted by Gasteiger charge is -2.47. The number of non-ortho nitro benzene ring substituents is 1. The van der Waals surface area contributed by atoms with E-state index < -0.39 is 7.21 Å². The second-order valence-corrected chi connectivity index (χ2v) is 11.8. The summed E-state index contributed by atoms with van der Waals surface area (Å²) in [6.07, 6.45) is 3.61. The van der Waals surface area contributed by atoms with E-state index in [0.717, 1.165) is 13.1 Å². The normalized spacial score (nSPS) is 17.9. The molecule has 0 radical (unpaired) electrons. The highest BCUT2D eigenvalue weighted by molar-refractivity contribution is 7.73. The highest BCUT2D eigenvalue weighted by Crippen LogP contribution is 2.64. The van der Waals surface area contributed by atoms with Gasteiger partial charge in [0.25, 0.3) is 5.69 Å². The van der Waals surface area contributed by atoms with Crippen molar-refractivity contribution in [3.63, 3.8) is 0 Å². The van der Waals surface area contributed by atoms with Crippen LogP contribution in [0.4, 0.5) is 11.4 Å². The fraction of sp³-hybridized carbons (Fsp3) is 0.429. The van der Waals surface area contributed by atoms with Gasteiger partial charge in [-0.15, -0.1) is 0 Å². The molecule has 27 heavy (non-hydrogen) atoms. The molecule has 0 saturated carbocycles. The Kier molecular flexibility index (Phi) is 5.83. The fourth-order valence-corrected chi connectivity index (χ4v) is 8.28. The molecule has 0 bridgehead atoms. The van der Waals surface area contributed by atoms with E-state index in [0.29, 0.717) is 5.69 Å². The number of nitrogens with zero attached hydrogens (tertiary/aromatic N) is 3. The number of hydrogen-bond donors (Lipinski definition) is 0. The van der Waals surface area contributed by atoms with Crippen LogP contribution < -0.4 is 5.30 Å². The maximum atomic E-state index is 11.2. The molecule has 3 rings (SSSR count). The minimum atomic E-state index is -2.14. The van der Waals surface area contributed by atoms with Gasteiger partial charge >= 0.3 is 0 Å². The Bertz CT molecular complexity index is 853. The highest BCUT2D eigenvalue weighted by atomic mass is 31.2. The highest BCUT2D eigenvalue weighted by Gasteiger charge is 2.41. The molecule has 1 aliphatic heterocycles. The Morgan fingerprint density at radius 2 is 1.67 bits per heavy atom. The average molecular weight is 385 g/mol. The predicted octanol–water partition coefficient (Wildman–Crippen LogP) is 5.95. The number of hydrogen-bond acceptors (Lipinski definition) is 3. The molecule has 0 aliphatic carbocycles. The number of rotatable bonds is 4. The summed E-state index contributed by atoms with van der Waals surface area (Å²) in [5.41, 5.74) is 0.789. The Labute approximate surface area is 161 Å². The van der Waals surface area contributed by atoms with Crippen molar-refractivity contribution in [2.24, 2.45) is 4.74 Å². The monoisotopic (exact) mass is 385 g/mol. The van der Waals surface area contributed by atoms with Crippen LogP contribution in [0.5, 0.6) is 0 Å². The quantitative estimate of drug-likeness (QED) is 0.371. The molecule has 5 nitrogen and oxygen atoms in total. The smallest absolute Gasteiger partial charge is 0.265 e. The van der Waals surface area contributed by atoms with Gasteiger partial charge in [0.15, 0.2) is 0 Å². The van der Waals surface area contributed by atoms with Crippen LogP contribution in [-0.2, 0) is 0 Å². The van der Waals surface area contributed by atoms with Gasteiger partial charge in [-0.25, -0.2) is 4.74 Å². The molecule has 6 heteroatoms. The van der Waals surface area contributed by atoms with Gasteiger partial charge in [-0.2, -0.15) is 0 Å². The zero-order valence-electron chi connectivity index (χ0n) is 16.3. The van der Waals surface area contributed by atoms with Gasteiger partial charge in [0.05, 0.1) is 17.8 Å². The molecule has 0 spiro atoms. The Balaban J connectivity index is 2.28. The number of piperidine rings is 1. The standard InChI is InChI=1S/C21H28N3O2P/c1-21(2,3)27(20-13-6-4-7-14-20,23-15-8-5-9-16-23)22-18-11-10-12-19(17-18)24(25)26/h4,6-7,10-14,17H,5,8-9,15-16H2,1-3H3. The number of nitro groups is 1. The molecule has 2 aromatic carbocycles. The van der Waals surface area contributed by atoms with Gasteiger partial charge in [0.1, 0.15) is 0 Å². The Morgan fingerprint density at radius 1 is 1.00 bits per heavy atom. The zero-order valence-corrected chi connectivity index (χ0v) is 17.2. The third-order valence-electron chi connectivity index (χ3n) is 5.09. The topological polar surface area (TPSA) is 58.7 Å². The molecule has 0 N–H and O–H groups in total. The van der Waals surface area contributed by atoms with Crippen LogP contribution in [0, 0.1) is 10.1 Å². The van der Waals surface area contributed by atoms with Crippen molar-refractivity contribution in [3.8, 4) is 0 Å². The first-order valence-corrected chi connectivity index (χ1v) is 11.2. The third kappa shape index (κ3) is 3.99. The van der Waals surface area contributed by atoms with E-state index in [4.69, 9.17) is 4.74 Å². The lowest BCUT2D eigenvalue weighted by molar-refractivity contribution is -0.384. The summed E-state index contributed by atoms with van der Waals surface area (Å²) < 4.78 is 7.90. The lowest BCUT2D eigenvalue weighted by Crippen LogP contribution is -2.39. The first-order valence-electron chi connectivity index (χ1n) is 9.52. The van der Waals surface area contributed by atoms with E-state index in [1.165, 1.54) is 30.6 Å². The SMILES string of the molecule is CC(C)(C)P(=Nc1cccc([N+](=O)[O-])c1)(c1ccccc1)N1CCCCC1. The zero-order chi connectivity index (χ0) is 19.5. The van der Waals surface area contributed by atoms with Gasteiger partial charge in [0.2, 0.25) is 0 Å². The molecule has 1 unspecified atom stereocenters. The van der Waals surface area contributed by atoms with E-state index in [9.17, 15) is 10.1 Å². The van der Waals surface area contributed by atoms with Crippen LogP contribution in [-0.4, -0.2) is 27.8 Å². The maximum Gasteiger partial charge on any atom is 0.271 e. The summed E-state index contributed by atoms with van der Waals surface area (Å²) in [5.74, 6) is 0. The number of nitro benzene ring substituents is 1. The molecule has 2 aromatic rings. The summed E-state index contributed by atoms with van der Waals surface area (Å²) in [6.45, 7) is 8.81. The molecular formula is C21H28N3O2P. The predicted molar refractivity (Wildman–Crippen MR) is 113 cm³/mol. The first kappa shape index (κ1) is 19.8. The fourth-order valence-electron chi connectivity index (χ4n) is 3.88. The minimum absolute atomic E-state index is 0.0870. The van der Waals surface area contributed by atoms with Gasteiger partial charge in [0, 0.05) is 35.7 Å². The van der Waals surface area contributed by atoms with Crippen LogP contribution in [0.3, 0.4) is 0 Å². The van der Waals surface area contributed by atoms with Crippen molar-refractivity contribution in [2.75, 3.05) is 13.1 Å². The molecule has 1 atom stereocenters. The van der Waals surface area contributed by atoms with Crippen LogP contribution in [0.25, 0.3) is 0 Å². The molecule has 1 fully saturated rings. The second-order valence-electron chi connectivity index (χ2n) is 8.00. The Hall–Kier alpha value is -1.97. The average Bonchev–Trinajstić information content (AvgIpc) is 2.66. The van der Waals surface area contributed by atoms with E-state index in [-0.39, 0.29) is 15.8 Å². The van der Waals surface area contributed by atoms with E-state index >= 15 is 0 Å². The molecule has 144 valence electrons. The van der Waals surface area contributed by atoms with Crippen LogP contribution in [0.2, 0.25) is 0 Å². The van der Waals surface area contributed by atoms with Crippen LogP contribution >= 0.6 is 7.21 Å². The molecular weight excluding hydrogens is 357 g/mol. The van der Waals surface area contributed by atoms with Crippen LogP contribution in [0.1, 0.15) is 40.0 Å². The summed E-state index contributed by atoms with van der Waals surface area (Å²) in [5, 5.41) is 12.4. The van der Waals surface area contributed by atoms with Crippen LogP contribution in [0.15, 0.2) is 59.3 Å². The third-order valence-corrected chi connectivity index (χ3v) is 9.72. The molecule has 0 aromatic heterocycles. The molecule has 1 saturated heterocycles. The van der Waals surface area contributed by atoms with Gasteiger partial charge < -0.3 is 0 Å². The van der Waals surface area contributed by atoms with Gasteiger partial charge in [-0.1, -0.05) is 63.6 Å². The van der Waals surface area contributed by atoms with E-state index in [2.05, 4.69) is 49.7 Å². The minimum Gasteiger partial charge on any atom is -0.265 e. The van der Waals surface area contributed by atoms with Crippen molar-refractivity contribution in [2.45, 2.75) is 45.2 Å². The summed E-state index contributed by atoms with van der Waals surface area (Å²) >= 11 is 0. The summed E-state index contributed by atoms with van der Waals surface area (Å²) in [6, 6.07) is 17.3. The lowest BCUT2D eigenvalue weighted by atomic mass is 10.2. The largest absolute Gasteiger partial charge is 0.271 e. The second kappa shape index (κ2) is 7.95. The Morgan fingerprint density at radius 3 is 2.26 bits per heavy atom.